The van der Waals surface area contributed by atoms with Gasteiger partial charge in [0.2, 0.25) is 0 Å². The van der Waals surface area contributed by atoms with Crippen molar-refractivity contribution in [2.24, 2.45) is 5.92 Å². The summed E-state index contributed by atoms with van der Waals surface area (Å²) in [6.07, 6.45) is -0.0998. The molecule has 1 aliphatic rings. The molecule has 0 aliphatic carbocycles. The average Bonchev–Trinajstić information content (AvgIpc) is 3.14. The Bertz CT molecular complexity index is 681. The summed E-state index contributed by atoms with van der Waals surface area (Å²) in [4.78, 5) is 50.5. The first kappa shape index (κ1) is 20.9. The lowest BCUT2D eigenvalue weighted by atomic mass is 9.97. The minimum Gasteiger partial charge on any atom is -0.452 e. The highest BCUT2D eigenvalue weighted by Gasteiger charge is 2.31. The topological polar surface area (TPSA) is 105 Å². The third kappa shape index (κ3) is 6.06. The van der Waals surface area contributed by atoms with Crippen molar-refractivity contribution in [1.82, 2.24) is 15.5 Å². The number of carbonyl (C=O) groups excluding carboxylic acids is 4. The van der Waals surface area contributed by atoms with Gasteiger partial charge in [-0.2, -0.15) is 0 Å². The number of nitrogens with one attached hydrogen (secondary N) is 2. The SMILES string of the molecule is CC(C)NC(=O)NC(=O)[C@H](C)OC(=O)C1CCN(C(=O)c2cccs2)CC1. The zero-order chi connectivity index (χ0) is 20.0. The molecule has 2 heterocycles. The molecule has 0 bridgehead atoms. The van der Waals surface area contributed by atoms with Gasteiger partial charge in [-0.05, 0) is 45.1 Å². The molecular formula is C18H25N3O5S. The molecule has 0 spiro atoms. The van der Waals surface area contributed by atoms with Crippen LogP contribution < -0.4 is 10.6 Å². The van der Waals surface area contributed by atoms with Gasteiger partial charge in [-0.15, -0.1) is 11.3 Å². The molecule has 0 radical (unpaired) electrons. The molecule has 148 valence electrons. The third-order valence-electron chi connectivity index (χ3n) is 4.17. The van der Waals surface area contributed by atoms with E-state index in [9.17, 15) is 19.2 Å². The van der Waals surface area contributed by atoms with Crippen molar-refractivity contribution < 1.29 is 23.9 Å². The number of rotatable bonds is 5. The zero-order valence-corrected chi connectivity index (χ0v) is 16.5. The number of hydrogen-bond acceptors (Lipinski definition) is 6. The molecule has 4 amide bonds. The second-order valence-corrected chi connectivity index (χ2v) is 7.69. The number of urea groups is 1. The quantitative estimate of drug-likeness (QED) is 0.739. The van der Waals surface area contributed by atoms with Gasteiger partial charge < -0.3 is 15.0 Å². The highest BCUT2D eigenvalue weighted by atomic mass is 32.1. The maximum atomic E-state index is 12.3. The van der Waals surface area contributed by atoms with E-state index in [0.29, 0.717) is 30.8 Å². The molecule has 1 aliphatic heterocycles. The molecule has 1 aromatic rings. The Kier molecular flexibility index (Phi) is 7.35. The van der Waals surface area contributed by atoms with Crippen LogP contribution in [0, 0.1) is 5.92 Å². The molecule has 27 heavy (non-hydrogen) atoms. The Morgan fingerprint density at radius 2 is 1.85 bits per heavy atom. The van der Waals surface area contributed by atoms with Crippen molar-refractivity contribution in [1.29, 1.82) is 0 Å². The molecule has 9 heteroatoms. The Balaban J connectivity index is 1.77. The molecule has 1 atom stereocenters. The summed E-state index contributed by atoms with van der Waals surface area (Å²) in [5.74, 6) is -1.55. The lowest BCUT2D eigenvalue weighted by molar-refractivity contribution is -0.159. The Morgan fingerprint density at radius 3 is 2.41 bits per heavy atom. The van der Waals surface area contributed by atoms with Gasteiger partial charge in [0, 0.05) is 19.1 Å². The van der Waals surface area contributed by atoms with Crippen molar-refractivity contribution in [3.8, 4) is 0 Å². The number of ether oxygens (including phenoxy) is 1. The second kappa shape index (κ2) is 9.50. The maximum absolute atomic E-state index is 12.3. The van der Waals surface area contributed by atoms with Crippen LogP contribution in [0.2, 0.25) is 0 Å². The fraction of sp³-hybridized carbons (Fsp3) is 0.556. The summed E-state index contributed by atoms with van der Waals surface area (Å²) >= 11 is 1.39. The summed E-state index contributed by atoms with van der Waals surface area (Å²) < 4.78 is 5.19. The van der Waals surface area contributed by atoms with Gasteiger partial charge in [0.15, 0.2) is 6.10 Å². The number of hydrogen-bond donors (Lipinski definition) is 2. The lowest BCUT2D eigenvalue weighted by Gasteiger charge is -2.31. The molecule has 0 saturated carbocycles. The minimum absolute atomic E-state index is 0.0271. The largest absolute Gasteiger partial charge is 0.452 e. The summed E-state index contributed by atoms with van der Waals surface area (Å²) in [6.45, 7) is 5.89. The van der Waals surface area contributed by atoms with E-state index in [1.165, 1.54) is 18.3 Å². The number of esters is 1. The normalized spacial score (nSPS) is 15.9. The van der Waals surface area contributed by atoms with Crippen LogP contribution in [0.25, 0.3) is 0 Å². The lowest BCUT2D eigenvalue weighted by Crippen LogP contribution is -2.47. The van der Waals surface area contributed by atoms with Crippen LogP contribution in [0.3, 0.4) is 0 Å². The Morgan fingerprint density at radius 1 is 1.19 bits per heavy atom. The van der Waals surface area contributed by atoms with Crippen LogP contribution >= 0.6 is 11.3 Å². The maximum Gasteiger partial charge on any atom is 0.321 e. The predicted molar refractivity (Wildman–Crippen MR) is 100 cm³/mol. The zero-order valence-electron chi connectivity index (χ0n) is 15.7. The van der Waals surface area contributed by atoms with E-state index in [-0.39, 0.29) is 17.9 Å². The van der Waals surface area contributed by atoms with Crippen molar-refractivity contribution in [3.63, 3.8) is 0 Å². The van der Waals surface area contributed by atoms with E-state index < -0.39 is 24.0 Å². The molecule has 1 fully saturated rings. The van der Waals surface area contributed by atoms with Crippen LogP contribution in [-0.4, -0.2) is 54.0 Å². The monoisotopic (exact) mass is 395 g/mol. The summed E-state index contributed by atoms with van der Waals surface area (Å²) in [5, 5.41) is 6.52. The van der Waals surface area contributed by atoms with E-state index >= 15 is 0 Å². The van der Waals surface area contributed by atoms with Gasteiger partial charge >= 0.3 is 12.0 Å². The van der Waals surface area contributed by atoms with Gasteiger partial charge in [0.05, 0.1) is 10.8 Å². The van der Waals surface area contributed by atoms with Gasteiger partial charge in [0.25, 0.3) is 11.8 Å². The molecular weight excluding hydrogens is 370 g/mol. The van der Waals surface area contributed by atoms with Gasteiger partial charge in [0.1, 0.15) is 0 Å². The number of imide groups is 1. The van der Waals surface area contributed by atoms with Crippen molar-refractivity contribution in [2.75, 3.05) is 13.1 Å². The van der Waals surface area contributed by atoms with E-state index in [1.807, 2.05) is 11.4 Å². The molecule has 1 aromatic heterocycles. The van der Waals surface area contributed by atoms with Gasteiger partial charge in [-0.25, -0.2) is 4.79 Å². The number of carbonyl (C=O) groups is 4. The number of nitrogens with zero attached hydrogens (tertiary/aromatic N) is 1. The van der Waals surface area contributed by atoms with E-state index in [2.05, 4.69) is 10.6 Å². The molecule has 0 unspecified atom stereocenters. The number of thiophene rings is 1. The smallest absolute Gasteiger partial charge is 0.321 e. The predicted octanol–water partition coefficient (Wildman–Crippen LogP) is 1.77. The molecule has 1 saturated heterocycles. The van der Waals surface area contributed by atoms with Crippen molar-refractivity contribution in [2.45, 2.75) is 45.8 Å². The Labute approximate surface area is 162 Å². The first-order valence-corrected chi connectivity index (χ1v) is 9.80. The van der Waals surface area contributed by atoms with Crippen LogP contribution in [-0.2, 0) is 14.3 Å². The number of likely N-dealkylation sites (tertiary alicyclic amines) is 1. The molecule has 8 nitrogen and oxygen atoms in total. The highest BCUT2D eigenvalue weighted by molar-refractivity contribution is 7.12. The molecule has 2 N–H and O–H groups in total. The van der Waals surface area contributed by atoms with Crippen LogP contribution in [0.4, 0.5) is 4.79 Å². The third-order valence-corrected chi connectivity index (χ3v) is 5.02. The van der Waals surface area contributed by atoms with E-state index in [1.54, 1.807) is 24.8 Å². The standard InChI is InChI=1S/C18H25N3O5S/c1-11(2)19-18(25)20-15(22)12(3)26-17(24)13-6-8-21(9-7-13)16(23)14-5-4-10-27-14/h4-5,10-13H,6-9H2,1-3H3,(H2,19,20,22,25)/t12-/m0/s1. The van der Waals surface area contributed by atoms with Crippen molar-refractivity contribution in [3.05, 3.63) is 22.4 Å². The van der Waals surface area contributed by atoms with Gasteiger partial charge in [-0.1, -0.05) is 6.07 Å². The van der Waals surface area contributed by atoms with Crippen LogP contribution in [0.15, 0.2) is 17.5 Å². The average molecular weight is 395 g/mol. The number of amides is 4. The first-order chi connectivity index (χ1) is 12.8. The minimum atomic E-state index is -1.07. The summed E-state index contributed by atoms with van der Waals surface area (Å²) in [6, 6.07) is 2.87. The summed E-state index contributed by atoms with van der Waals surface area (Å²) in [5.41, 5.74) is 0. The first-order valence-electron chi connectivity index (χ1n) is 8.92. The Hall–Kier alpha value is -2.42. The van der Waals surface area contributed by atoms with Gasteiger partial charge in [-0.3, -0.25) is 19.7 Å². The number of piperidine rings is 1. The fourth-order valence-electron chi connectivity index (χ4n) is 2.71. The van der Waals surface area contributed by atoms with Crippen LogP contribution in [0.5, 0.6) is 0 Å². The summed E-state index contributed by atoms with van der Waals surface area (Å²) in [7, 11) is 0. The molecule has 2 rings (SSSR count). The fourth-order valence-corrected chi connectivity index (χ4v) is 3.40. The second-order valence-electron chi connectivity index (χ2n) is 6.74. The van der Waals surface area contributed by atoms with Crippen molar-refractivity contribution >= 4 is 35.2 Å². The molecule has 0 aromatic carbocycles. The highest BCUT2D eigenvalue weighted by Crippen LogP contribution is 2.22. The van der Waals surface area contributed by atoms with E-state index in [0.717, 1.165) is 0 Å². The van der Waals surface area contributed by atoms with E-state index in [4.69, 9.17) is 4.74 Å². The van der Waals surface area contributed by atoms with Crippen LogP contribution in [0.1, 0.15) is 43.3 Å².